The van der Waals surface area contributed by atoms with Crippen molar-refractivity contribution in [2.24, 2.45) is 7.05 Å². The molecule has 4 aromatic rings. The van der Waals surface area contributed by atoms with Crippen LogP contribution in [0.2, 0.25) is 5.02 Å². The number of aromatic nitrogens is 3. The zero-order valence-corrected chi connectivity index (χ0v) is 29.9. The van der Waals surface area contributed by atoms with E-state index in [0.29, 0.717) is 54.0 Å². The number of rotatable bonds is 11. The number of fused-ring (bicyclic) bond motifs is 1. The maximum absolute atomic E-state index is 13.1. The highest BCUT2D eigenvalue weighted by molar-refractivity contribution is 6.30. The fourth-order valence-corrected chi connectivity index (χ4v) is 7.25. The van der Waals surface area contributed by atoms with Gasteiger partial charge in [-0.25, -0.2) is 4.98 Å². The Bertz CT molecular complexity index is 1950. The van der Waals surface area contributed by atoms with Crippen LogP contribution in [-0.4, -0.2) is 86.3 Å². The zero-order valence-electron chi connectivity index (χ0n) is 29.1. The van der Waals surface area contributed by atoms with Gasteiger partial charge in [0.25, 0.3) is 5.91 Å². The van der Waals surface area contributed by atoms with Gasteiger partial charge in [-0.3, -0.25) is 29.6 Å². The van der Waals surface area contributed by atoms with Crippen LogP contribution in [0.4, 0.5) is 0 Å². The molecule has 3 aliphatic heterocycles. The predicted octanol–water partition coefficient (Wildman–Crippen LogP) is 5.18. The first-order valence-corrected chi connectivity index (χ1v) is 17.7. The largest absolute Gasteiger partial charge is 0.492 e. The number of nitrogens with zero attached hydrogens (tertiary/aromatic N) is 6. The molecular weight excluding hydrogens is 670 g/mol. The van der Waals surface area contributed by atoms with E-state index in [4.69, 9.17) is 21.1 Å². The van der Waals surface area contributed by atoms with E-state index in [1.807, 2.05) is 69.8 Å². The Morgan fingerprint density at radius 3 is 2.57 bits per heavy atom. The monoisotopic (exact) mass is 711 g/mol. The van der Waals surface area contributed by atoms with E-state index >= 15 is 0 Å². The van der Waals surface area contributed by atoms with E-state index in [9.17, 15) is 14.4 Å². The summed E-state index contributed by atoms with van der Waals surface area (Å²) in [7, 11) is 6.09. The summed E-state index contributed by atoms with van der Waals surface area (Å²) in [4.78, 5) is 52.5. The maximum atomic E-state index is 13.1. The van der Waals surface area contributed by atoms with Gasteiger partial charge in [0.1, 0.15) is 30.0 Å². The van der Waals surface area contributed by atoms with Gasteiger partial charge in [-0.2, -0.15) is 0 Å². The first kappa shape index (κ1) is 34.7. The third kappa shape index (κ3) is 7.63. The number of piperidine rings is 2. The summed E-state index contributed by atoms with van der Waals surface area (Å²) in [5.74, 6) is 2.05. The topological polar surface area (TPSA) is 122 Å². The van der Waals surface area contributed by atoms with E-state index in [0.717, 1.165) is 60.7 Å². The van der Waals surface area contributed by atoms with Gasteiger partial charge in [0.15, 0.2) is 5.75 Å². The van der Waals surface area contributed by atoms with Gasteiger partial charge in [-0.15, -0.1) is 0 Å². The Kier molecular flexibility index (Phi) is 10.1. The number of hydrogen-bond donors (Lipinski definition) is 1. The lowest BCUT2D eigenvalue weighted by Gasteiger charge is -2.35. The summed E-state index contributed by atoms with van der Waals surface area (Å²) >= 11 is 6.40. The first-order chi connectivity index (χ1) is 24.6. The van der Waals surface area contributed by atoms with Crippen molar-refractivity contribution in [3.05, 3.63) is 88.6 Å². The van der Waals surface area contributed by atoms with E-state index < -0.39 is 11.9 Å². The zero-order chi connectivity index (χ0) is 35.6. The summed E-state index contributed by atoms with van der Waals surface area (Å²) in [6.45, 7) is 3.00. The minimum absolute atomic E-state index is 0.148. The molecular formula is C38H42ClN7O5. The lowest BCUT2D eigenvalue weighted by Crippen LogP contribution is -2.52. The summed E-state index contributed by atoms with van der Waals surface area (Å²) in [6, 6.07) is 14.7. The number of nitrogens with one attached hydrogen (secondary N) is 1. The second-order valence-electron chi connectivity index (χ2n) is 13.7. The minimum atomic E-state index is -0.647. The van der Waals surface area contributed by atoms with Crippen LogP contribution in [0.3, 0.4) is 0 Å². The number of carbonyl (C=O) groups excluding carboxylic acids is 3. The molecule has 5 heterocycles. The Balaban J connectivity index is 1.00. The fourth-order valence-electron chi connectivity index (χ4n) is 7.10. The Morgan fingerprint density at radius 2 is 1.78 bits per heavy atom. The highest BCUT2D eigenvalue weighted by Crippen LogP contribution is 2.33. The third-order valence-corrected chi connectivity index (χ3v) is 10.1. The van der Waals surface area contributed by atoms with Crippen molar-refractivity contribution in [1.29, 1.82) is 0 Å². The Labute approximate surface area is 302 Å². The molecule has 13 heteroatoms. The van der Waals surface area contributed by atoms with Crippen molar-refractivity contribution in [3.63, 3.8) is 0 Å². The molecule has 0 bridgehead atoms. The van der Waals surface area contributed by atoms with Gasteiger partial charge in [-0.05, 0) is 87.9 Å². The number of benzene rings is 2. The molecule has 0 aliphatic carbocycles. The number of ether oxygens (including phenoxy) is 2. The number of amides is 3. The van der Waals surface area contributed by atoms with Crippen molar-refractivity contribution in [1.82, 2.24) is 34.6 Å². The van der Waals surface area contributed by atoms with Crippen LogP contribution in [0, 0.1) is 0 Å². The molecule has 0 saturated carbocycles. The molecule has 2 saturated heterocycles. The van der Waals surface area contributed by atoms with Crippen LogP contribution in [0.25, 0.3) is 11.3 Å². The first-order valence-electron chi connectivity index (χ1n) is 17.4. The molecule has 266 valence electrons. The summed E-state index contributed by atoms with van der Waals surface area (Å²) in [6.07, 6.45) is 7.25. The fraction of sp³-hybridized carbons (Fsp3) is 0.395. The lowest BCUT2D eigenvalue weighted by molar-refractivity contribution is -0.136. The Morgan fingerprint density at radius 1 is 0.980 bits per heavy atom. The highest BCUT2D eigenvalue weighted by Gasteiger charge is 2.39. The minimum Gasteiger partial charge on any atom is -0.492 e. The molecule has 1 N–H and O–H groups in total. The van der Waals surface area contributed by atoms with E-state index in [1.54, 1.807) is 17.2 Å². The molecule has 2 fully saturated rings. The molecule has 12 nitrogen and oxygen atoms in total. The number of carbonyl (C=O) groups is 3. The summed E-state index contributed by atoms with van der Waals surface area (Å²) < 4.78 is 14.8. The van der Waals surface area contributed by atoms with Crippen molar-refractivity contribution in [2.45, 2.75) is 63.8 Å². The normalized spacial score (nSPS) is 19.4. The van der Waals surface area contributed by atoms with Crippen LogP contribution < -0.4 is 14.8 Å². The number of hydrogen-bond acceptors (Lipinski definition) is 9. The number of imide groups is 1. The van der Waals surface area contributed by atoms with Gasteiger partial charge in [-0.1, -0.05) is 18.0 Å². The van der Waals surface area contributed by atoms with Gasteiger partial charge in [0.2, 0.25) is 11.8 Å². The second-order valence-corrected chi connectivity index (χ2v) is 14.2. The van der Waals surface area contributed by atoms with Crippen molar-refractivity contribution >= 4 is 29.3 Å². The van der Waals surface area contributed by atoms with Crippen LogP contribution in [-0.2, 0) is 36.3 Å². The van der Waals surface area contributed by atoms with Crippen LogP contribution in [0.5, 0.6) is 17.2 Å². The molecule has 51 heavy (non-hydrogen) atoms. The van der Waals surface area contributed by atoms with Gasteiger partial charge in [0, 0.05) is 56.0 Å². The molecule has 2 aromatic heterocycles. The van der Waals surface area contributed by atoms with Crippen LogP contribution in [0.1, 0.15) is 59.5 Å². The molecule has 3 aliphatic rings. The Hall–Kier alpha value is -4.78. The molecule has 2 atom stereocenters. The quantitative estimate of drug-likeness (QED) is 0.210. The molecule has 0 radical (unpaired) electrons. The van der Waals surface area contributed by atoms with Gasteiger partial charge >= 0.3 is 0 Å². The van der Waals surface area contributed by atoms with Crippen molar-refractivity contribution < 1.29 is 23.9 Å². The molecule has 0 spiro atoms. The van der Waals surface area contributed by atoms with Gasteiger partial charge < -0.3 is 23.8 Å². The average Bonchev–Trinajstić information content (AvgIpc) is 3.63. The number of imidazole rings is 1. The van der Waals surface area contributed by atoms with Crippen LogP contribution >= 0.6 is 11.6 Å². The number of pyridine rings is 1. The maximum Gasteiger partial charge on any atom is 0.255 e. The standard InChI is InChI=1S/C38H42ClN7O5/c1-43(2)22-35-41-19-33(44(35)3)24-7-9-28(10-8-24)51-34-17-26(39)18-40-31(34)21-45-15-5-4-6-27(45)23-50-29-11-12-30-25(16-29)20-46(38(30)49)32-13-14-36(47)42-37(32)48/h7-12,16-19,27,32H,4-6,13-15,20-23H2,1-3H3,(H,42,47,48). The lowest BCUT2D eigenvalue weighted by atomic mass is 10.0. The van der Waals surface area contributed by atoms with E-state index in [2.05, 4.69) is 29.7 Å². The van der Waals surface area contributed by atoms with Crippen molar-refractivity contribution in [3.8, 4) is 28.5 Å². The number of halogens is 1. The molecule has 3 amide bonds. The number of likely N-dealkylation sites (tertiary alicyclic amines) is 1. The van der Waals surface area contributed by atoms with E-state index in [-0.39, 0.29) is 24.3 Å². The van der Waals surface area contributed by atoms with Crippen LogP contribution in [0.15, 0.2) is 60.9 Å². The summed E-state index contributed by atoms with van der Waals surface area (Å²) in [5.41, 5.74) is 4.25. The highest BCUT2D eigenvalue weighted by atomic mass is 35.5. The second kappa shape index (κ2) is 14.8. The molecule has 2 aromatic carbocycles. The molecule has 2 unspecified atom stereocenters. The predicted molar refractivity (Wildman–Crippen MR) is 191 cm³/mol. The summed E-state index contributed by atoms with van der Waals surface area (Å²) in [5, 5.41) is 2.85. The third-order valence-electron chi connectivity index (χ3n) is 9.86. The average molecular weight is 712 g/mol. The van der Waals surface area contributed by atoms with E-state index in [1.165, 1.54) is 0 Å². The SMILES string of the molecule is CN(C)Cc1ncc(-c2ccc(Oc3cc(Cl)cnc3CN3CCCCC3COc3ccc4c(c3)CN(C3CCC(=O)NC3=O)C4=O)cc2)n1C. The molecule has 7 rings (SSSR count). The van der Waals surface area contributed by atoms with Gasteiger partial charge in [0.05, 0.1) is 29.2 Å². The smallest absolute Gasteiger partial charge is 0.255 e. The van der Waals surface area contributed by atoms with Crippen molar-refractivity contribution in [2.75, 3.05) is 27.2 Å².